The Bertz CT molecular complexity index is 3380. The maximum atomic E-state index is 5.06. The number of rotatable bonds is 5. The molecular formula is C54H39N5. The summed E-state index contributed by atoms with van der Waals surface area (Å²) in [5, 5.41) is 4.96. The van der Waals surface area contributed by atoms with Crippen molar-refractivity contribution in [3.8, 4) is 45.3 Å². The van der Waals surface area contributed by atoms with Crippen molar-refractivity contribution >= 4 is 43.6 Å². The third-order valence-electron chi connectivity index (χ3n) is 12.7. The fourth-order valence-corrected chi connectivity index (χ4v) is 9.75. The molecule has 0 bridgehead atoms. The summed E-state index contributed by atoms with van der Waals surface area (Å²) in [6, 6.07) is 57.3. The normalized spacial score (nSPS) is 15.4. The second kappa shape index (κ2) is 12.8. The van der Waals surface area contributed by atoms with E-state index in [1.54, 1.807) is 0 Å². The molecule has 1 unspecified atom stereocenters. The number of hydrogen-bond acceptors (Lipinski definition) is 3. The number of allylic oxidation sites excluding steroid dienone is 4. The van der Waals surface area contributed by atoms with Crippen LogP contribution in [0.25, 0.3) is 88.9 Å². The molecule has 0 fully saturated rings. The molecule has 0 aliphatic heterocycles. The van der Waals surface area contributed by atoms with Crippen molar-refractivity contribution in [2.45, 2.75) is 31.6 Å². The first-order chi connectivity index (χ1) is 29.0. The van der Waals surface area contributed by atoms with Gasteiger partial charge in [-0.2, -0.15) is 0 Å². The third kappa shape index (κ3) is 5.14. The van der Waals surface area contributed by atoms with Crippen molar-refractivity contribution < 1.29 is 0 Å². The largest absolute Gasteiger partial charge is 0.309 e. The van der Waals surface area contributed by atoms with Crippen LogP contribution in [-0.4, -0.2) is 24.1 Å². The van der Waals surface area contributed by atoms with Gasteiger partial charge in [0.25, 0.3) is 0 Å². The highest BCUT2D eigenvalue weighted by Gasteiger charge is 2.35. The van der Waals surface area contributed by atoms with Gasteiger partial charge >= 0.3 is 0 Å². The molecule has 5 heteroatoms. The Kier molecular flexibility index (Phi) is 7.33. The highest BCUT2D eigenvalue weighted by atomic mass is 15.0. The molecule has 0 radical (unpaired) electrons. The summed E-state index contributed by atoms with van der Waals surface area (Å²) < 4.78 is 4.88. The number of para-hydroxylation sites is 2. The maximum absolute atomic E-state index is 5.06. The molecule has 3 aromatic heterocycles. The molecule has 0 amide bonds. The molecule has 2 aliphatic rings. The van der Waals surface area contributed by atoms with Crippen LogP contribution < -0.4 is 0 Å². The van der Waals surface area contributed by atoms with Crippen molar-refractivity contribution in [1.82, 2.24) is 24.1 Å². The summed E-state index contributed by atoms with van der Waals surface area (Å²) in [5.41, 5.74) is 14.2. The average Bonchev–Trinajstić information content (AvgIpc) is 3.88. The van der Waals surface area contributed by atoms with Gasteiger partial charge in [0.2, 0.25) is 0 Å². The monoisotopic (exact) mass is 757 g/mol. The Morgan fingerprint density at radius 3 is 1.76 bits per heavy atom. The van der Waals surface area contributed by atoms with Crippen LogP contribution in [0.3, 0.4) is 0 Å². The summed E-state index contributed by atoms with van der Waals surface area (Å²) in [5.74, 6) is 2.26. The Balaban J connectivity index is 1.03. The minimum atomic E-state index is -0.0944. The SMILES string of the molecule is CC1(C)c2ccccc2-c2ccc(-n3c4ccccc4c4cc5c6ccccc6n(-c6ccc(-c7nc(-c8ccccc8)nc(C8C=CC=CC8)n7)cc6)c5cc43)cc21. The molecule has 1 atom stereocenters. The average molecular weight is 758 g/mol. The minimum Gasteiger partial charge on any atom is -0.309 e. The molecule has 7 aromatic carbocycles. The van der Waals surface area contributed by atoms with Crippen LogP contribution in [0.2, 0.25) is 0 Å². The maximum Gasteiger partial charge on any atom is 0.163 e. The standard InChI is InChI=1S/C54H39N5/c1-54(2)45-22-12-9-19-39(45)40-30-29-38(31-46(40)54)59-48-24-14-11-21-42(48)44-32-43-41-20-10-13-23-47(41)58(49(43)33-50(44)59)37-27-25-36(26-28-37)53-56-51(34-15-5-3-6-16-34)55-52(57-53)35-17-7-4-8-18-35/h3-17,19-33,35H,18H2,1-2H3. The molecular weight excluding hydrogens is 719 g/mol. The van der Waals surface area contributed by atoms with Gasteiger partial charge < -0.3 is 9.13 Å². The van der Waals surface area contributed by atoms with Gasteiger partial charge in [-0.15, -0.1) is 0 Å². The molecule has 59 heavy (non-hydrogen) atoms. The molecule has 0 saturated carbocycles. The summed E-state index contributed by atoms with van der Waals surface area (Å²) in [4.78, 5) is 15.1. The number of aromatic nitrogens is 5. The summed E-state index contributed by atoms with van der Waals surface area (Å²) >= 11 is 0. The fraction of sp³-hybridized carbons (Fsp3) is 0.0926. The number of nitrogens with zero attached hydrogens (tertiary/aromatic N) is 5. The lowest BCUT2D eigenvalue weighted by atomic mass is 9.82. The van der Waals surface area contributed by atoms with E-state index in [-0.39, 0.29) is 11.3 Å². The van der Waals surface area contributed by atoms with Crippen LogP contribution in [0, 0.1) is 0 Å². The van der Waals surface area contributed by atoms with Crippen LogP contribution in [-0.2, 0) is 5.41 Å². The highest BCUT2D eigenvalue weighted by molar-refractivity contribution is 6.19. The fourth-order valence-electron chi connectivity index (χ4n) is 9.75. The van der Waals surface area contributed by atoms with Gasteiger partial charge in [0.15, 0.2) is 11.6 Å². The van der Waals surface area contributed by atoms with Gasteiger partial charge in [0.1, 0.15) is 5.82 Å². The molecule has 5 nitrogen and oxygen atoms in total. The quantitative estimate of drug-likeness (QED) is 0.176. The first-order valence-electron chi connectivity index (χ1n) is 20.5. The van der Waals surface area contributed by atoms with Crippen molar-refractivity contribution in [3.63, 3.8) is 0 Å². The molecule has 0 N–H and O–H groups in total. The summed E-state index contributed by atoms with van der Waals surface area (Å²) in [6.45, 7) is 4.71. The molecule has 0 spiro atoms. The van der Waals surface area contributed by atoms with E-state index >= 15 is 0 Å². The molecule has 280 valence electrons. The van der Waals surface area contributed by atoms with Gasteiger partial charge in [-0.1, -0.05) is 135 Å². The van der Waals surface area contributed by atoms with Crippen LogP contribution in [0.4, 0.5) is 0 Å². The lowest BCUT2D eigenvalue weighted by molar-refractivity contribution is 0.660. The van der Waals surface area contributed by atoms with Crippen LogP contribution in [0.15, 0.2) is 182 Å². The Labute approximate surface area is 342 Å². The van der Waals surface area contributed by atoms with Gasteiger partial charge in [-0.25, -0.2) is 15.0 Å². The predicted octanol–water partition coefficient (Wildman–Crippen LogP) is 13.3. The van der Waals surface area contributed by atoms with Crippen LogP contribution in [0.1, 0.15) is 43.1 Å². The van der Waals surface area contributed by atoms with Crippen molar-refractivity contribution in [3.05, 3.63) is 199 Å². The molecule has 2 aliphatic carbocycles. The highest BCUT2D eigenvalue weighted by Crippen LogP contribution is 2.50. The lowest BCUT2D eigenvalue weighted by Crippen LogP contribution is -2.15. The predicted molar refractivity (Wildman–Crippen MR) is 243 cm³/mol. The lowest BCUT2D eigenvalue weighted by Gasteiger charge is -2.22. The molecule has 12 rings (SSSR count). The zero-order valence-electron chi connectivity index (χ0n) is 32.8. The second-order valence-electron chi connectivity index (χ2n) is 16.4. The van der Waals surface area contributed by atoms with Gasteiger partial charge in [0.05, 0.1) is 22.1 Å². The smallest absolute Gasteiger partial charge is 0.163 e. The van der Waals surface area contributed by atoms with Crippen LogP contribution in [0.5, 0.6) is 0 Å². The number of fused-ring (bicyclic) bond motifs is 9. The molecule has 3 heterocycles. The van der Waals surface area contributed by atoms with E-state index in [2.05, 4.69) is 187 Å². The van der Waals surface area contributed by atoms with E-state index in [1.807, 2.05) is 18.2 Å². The van der Waals surface area contributed by atoms with E-state index in [9.17, 15) is 0 Å². The first kappa shape index (κ1) is 33.7. The van der Waals surface area contributed by atoms with E-state index in [0.717, 1.165) is 34.6 Å². The Morgan fingerprint density at radius 2 is 1.07 bits per heavy atom. The van der Waals surface area contributed by atoms with Crippen molar-refractivity contribution in [2.75, 3.05) is 0 Å². The molecule has 0 saturated heterocycles. The van der Waals surface area contributed by atoms with Gasteiger partial charge in [0, 0.05) is 55.4 Å². The van der Waals surface area contributed by atoms with E-state index < -0.39 is 0 Å². The van der Waals surface area contributed by atoms with E-state index in [4.69, 9.17) is 15.0 Å². The summed E-state index contributed by atoms with van der Waals surface area (Å²) in [7, 11) is 0. The first-order valence-corrected chi connectivity index (χ1v) is 20.5. The zero-order chi connectivity index (χ0) is 39.2. The minimum absolute atomic E-state index is 0.0944. The van der Waals surface area contributed by atoms with E-state index in [0.29, 0.717) is 11.6 Å². The van der Waals surface area contributed by atoms with E-state index in [1.165, 1.54) is 66.0 Å². The van der Waals surface area contributed by atoms with Crippen molar-refractivity contribution in [1.29, 1.82) is 0 Å². The number of hydrogen-bond donors (Lipinski definition) is 0. The van der Waals surface area contributed by atoms with Crippen molar-refractivity contribution in [2.24, 2.45) is 0 Å². The number of benzene rings is 7. The zero-order valence-corrected chi connectivity index (χ0v) is 32.8. The van der Waals surface area contributed by atoms with Crippen LogP contribution >= 0.6 is 0 Å². The Morgan fingerprint density at radius 1 is 0.475 bits per heavy atom. The molecule has 10 aromatic rings. The second-order valence-corrected chi connectivity index (χ2v) is 16.4. The van der Waals surface area contributed by atoms with Gasteiger partial charge in [-0.05, 0) is 89.3 Å². The van der Waals surface area contributed by atoms with Gasteiger partial charge in [-0.3, -0.25) is 0 Å². The third-order valence-corrected chi connectivity index (χ3v) is 12.7. The Hall–Kier alpha value is -7.37. The summed E-state index contributed by atoms with van der Waals surface area (Å²) in [6.07, 6.45) is 9.39. The topological polar surface area (TPSA) is 48.5 Å².